The molecule has 0 aromatic rings. The predicted molar refractivity (Wildman–Crippen MR) is 124 cm³/mol. The van der Waals surface area contributed by atoms with E-state index in [9.17, 15) is 0 Å². The Morgan fingerprint density at radius 3 is 2.63 bits per heavy atom. The van der Waals surface area contributed by atoms with Crippen LogP contribution in [0.3, 0.4) is 0 Å². The summed E-state index contributed by atoms with van der Waals surface area (Å²) in [4.78, 5) is 2.24. The molecule has 30 heavy (non-hydrogen) atoms. The third-order valence-electron chi connectivity index (χ3n) is 9.41. The highest BCUT2D eigenvalue weighted by Crippen LogP contribution is 2.65. The van der Waals surface area contributed by atoms with Gasteiger partial charge in [0.15, 0.2) is 0 Å². The van der Waals surface area contributed by atoms with Crippen molar-refractivity contribution in [2.45, 2.75) is 90.8 Å². The van der Waals surface area contributed by atoms with Gasteiger partial charge in [-0.1, -0.05) is 32.1 Å². The number of nitrogens with zero attached hydrogens (tertiary/aromatic N) is 1. The molecule has 4 aliphatic carbocycles. The number of hydrogen-bond donors (Lipinski definition) is 0. The highest BCUT2D eigenvalue weighted by molar-refractivity contribution is 5.25. The highest BCUT2D eigenvalue weighted by Gasteiger charge is 2.59. The Bertz CT molecular complexity index is 670. The Labute approximate surface area is 185 Å². The molecular formula is C27H45NO2. The third-order valence-corrected chi connectivity index (χ3v) is 9.41. The molecule has 0 aromatic heterocycles. The molecule has 4 rings (SSSR count). The van der Waals surface area contributed by atoms with E-state index in [2.05, 4.69) is 45.5 Å². The summed E-state index contributed by atoms with van der Waals surface area (Å²) in [6.45, 7) is 13.2. The molecule has 7 atom stereocenters. The molecule has 0 radical (unpaired) electrons. The minimum atomic E-state index is 0.348. The summed E-state index contributed by atoms with van der Waals surface area (Å²) >= 11 is 0. The first-order chi connectivity index (χ1) is 14.2. The highest BCUT2D eigenvalue weighted by atomic mass is 16.5. The maximum atomic E-state index is 6.27. The molecule has 0 aliphatic heterocycles. The summed E-state index contributed by atoms with van der Waals surface area (Å²) < 4.78 is 12.5. The van der Waals surface area contributed by atoms with Crippen molar-refractivity contribution in [3.63, 3.8) is 0 Å². The van der Waals surface area contributed by atoms with E-state index in [0.29, 0.717) is 23.0 Å². The molecule has 0 aromatic carbocycles. The van der Waals surface area contributed by atoms with E-state index in [4.69, 9.17) is 9.47 Å². The van der Waals surface area contributed by atoms with Crippen LogP contribution in [-0.2, 0) is 9.47 Å². The molecule has 3 fully saturated rings. The minimum Gasteiger partial charge on any atom is -0.495 e. The molecule has 0 heterocycles. The lowest BCUT2D eigenvalue weighted by Gasteiger charge is -2.58. The number of fused-ring (bicyclic) bond motifs is 5. The average molecular weight is 416 g/mol. The zero-order valence-corrected chi connectivity index (χ0v) is 20.2. The molecule has 0 N–H and O–H groups in total. The largest absolute Gasteiger partial charge is 0.495 e. The molecule has 0 spiro atoms. The lowest BCUT2D eigenvalue weighted by Crippen LogP contribution is -2.51. The predicted octanol–water partition coefficient (Wildman–Crippen LogP) is 6.20. The van der Waals surface area contributed by atoms with Crippen LogP contribution in [0.2, 0.25) is 0 Å². The molecule has 0 saturated heterocycles. The van der Waals surface area contributed by atoms with E-state index in [1.54, 1.807) is 5.57 Å². The van der Waals surface area contributed by atoms with Gasteiger partial charge in [-0.15, -0.1) is 0 Å². The van der Waals surface area contributed by atoms with Crippen molar-refractivity contribution < 1.29 is 9.47 Å². The second-order valence-electron chi connectivity index (χ2n) is 11.6. The fourth-order valence-electron chi connectivity index (χ4n) is 7.83. The Hall–Kier alpha value is -0.800. The SMILES string of the molecule is C=C(C)O[C@H]1CCC2C3CCC4=C[C@@H](OCCCN(C)C)CC[C@]4(C)C3CC[C@@]21C. The van der Waals surface area contributed by atoms with Crippen LogP contribution >= 0.6 is 0 Å². The van der Waals surface area contributed by atoms with Crippen molar-refractivity contribution in [3.05, 3.63) is 24.0 Å². The van der Waals surface area contributed by atoms with Crippen LogP contribution in [0.4, 0.5) is 0 Å². The van der Waals surface area contributed by atoms with Gasteiger partial charge < -0.3 is 14.4 Å². The summed E-state index contributed by atoms with van der Waals surface area (Å²) in [7, 11) is 4.28. The molecule has 4 aliphatic rings. The van der Waals surface area contributed by atoms with E-state index in [0.717, 1.165) is 43.1 Å². The number of allylic oxidation sites excluding steroid dienone is 2. The van der Waals surface area contributed by atoms with E-state index in [1.165, 1.54) is 51.4 Å². The molecule has 170 valence electrons. The van der Waals surface area contributed by atoms with Crippen molar-refractivity contribution in [3.8, 4) is 0 Å². The summed E-state index contributed by atoms with van der Waals surface area (Å²) in [5.41, 5.74) is 2.48. The Kier molecular flexibility index (Phi) is 6.43. The van der Waals surface area contributed by atoms with Gasteiger partial charge in [0, 0.05) is 12.0 Å². The first-order valence-corrected chi connectivity index (χ1v) is 12.5. The zero-order chi connectivity index (χ0) is 21.5. The van der Waals surface area contributed by atoms with Crippen molar-refractivity contribution in [2.24, 2.45) is 28.6 Å². The maximum Gasteiger partial charge on any atom is 0.104 e. The first kappa shape index (κ1) is 22.4. The van der Waals surface area contributed by atoms with Gasteiger partial charge in [0.25, 0.3) is 0 Å². The Morgan fingerprint density at radius 1 is 1.10 bits per heavy atom. The monoisotopic (exact) mass is 415 g/mol. The maximum absolute atomic E-state index is 6.27. The summed E-state index contributed by atoms with van der Waals surface area (Å²) in [5.74, 6) is 3.46. The normalized spacial score (nSPS) is 42.9. The molecule has 3 unspecified atom stereocenters. The molecule has 0 amide bonds. The quantitative estimate of drug-likeness (QED) is 0.280. The molecule has 0 bridgehead atoms. The van der Waals surface area contributed by atoms with Crippen LogP contribution in [0, 0.1) is 28.6 Å². The lowest BCUT2D eigenvalue weighted by atomic mass is 9.47. The van der Waals surface area contributed by atoms with Crippen LogP contribution < -0.4 is 0 Å². The second kappa shape index (κ2) is 8.62. The number of ether oxygens (including phenoxy) is 2. The van der Waals surface area contributed by atoms with Gasteiger partial charge in [-0.2, -0.15) is 0 Å². The number of hydrogen-bond acceptors (Lipinski definition) is 3. The smallest absolute Gasteiger partial charge is 0.104 e. The fourth-order valence-corrected chi connectivity index (χ4v) is 7.83. The second-order valence-corrected chi connectivity index (χ2v) is 11.6. The van der Waals surface area contributed by atoms with E-state index >= 15 is 0 Å². The van der Waals surface area contributed by atoms with Crippen LogP contribution in [0.1, 0.15) is 78.6 Å². The van der Waals surface area contributed by atoms with Gasteiger partial charge in [-0.25, -0.2) is 0 Å². The lowest BCUT2D eigenvalue weighted by molar-refractivity contribution is -0.0845. The first-order valence-electron chi connectivity index (χ1n) is 12.5. The summed E-state index contributed by atoms with van der Waals surface area (Å²) in [6, 6.07) is 0. The van der Waals surface area contributed by atoms with Gasteiger partial charge in [-0.3, -0.25) is 0 Å². The van der Waals surface area contributed by atoms with Crippen LogP contribution in [-0.4, -0.2) is 44.4 Å². The van der Waals surface area contributed by atoms with Gasteiger partial charge >= 0.3 is 0 Å². The van der Waals surface area contributed by atoms with Gasteiger partial charge in [0.05, 0.1) is 11.9 Å². The molecule has 3 nitrogen and oxygen atoms in total. The number of rotatable bonds is 7. The summed E-state index contributed by atoms with van der Waals surface area (Å²) in [6.07, 6.45) is 14.8. The van der Waals surface area contributed by atoms with Crippen LogP contribution in [0.5, 0.6) is 0 Å². The van der Waals surface area contributed by atoms with Crippen molar-refractivity contribution in [1.82, 2.24) is 4.90 Å². The van der Waals surface area contributed by atoms with Gasteiger partial charge in [-0.05, 0) is 109 Å². The third kappa shape index (κ3) is 4.01. The van der Waals surface area contributed by atoms with Crippen LogP contribution in [0.25, 0.3) is 0 Å². The van der Waals surface area contributed by atoms with E-state index in [1.807, 2.05) is 6.92 Å². The fraction of sp³-hybridized carbons (Fsp3) is 0.852. The summed E-state index contributed by atoms with van der Waals surface area (Å²) in [5, 5.41) is 0. The Balaban J connectivity index is 1.43. The molecule has 3 saturated carbocycles. The van der Waals surface area contributed by atoms with Crippen molar-refractivity contribution in [2.75, 3.05) is 27.2 Å². The van der Waals surface area contributed by atoms with E-state index in [-0.39, 0.29) is 0 Å². The minimum absolute atomic E-state index is 0.348. The van der Waals surface area contributed by atoms with Crippen LogP contribution in [0.15, 0.2) is 24.0 Å². The van der Waals surface area contributed by atoms with E-state index < -0.39 is 0 Å². The standard InChI is InChI=1S/C27H45NO2/c1-19(2)30-25-11-10-23-22-9-8-20-18-21(29-17-7-16-28(5)6)12-14-26(20,3)24(22)13-15-27(23,25)4/h18,21-25H,1,7-17H2,2-6H3/t21-,22?,23?,24?,25-,26-,27-/m0/s1. The molecular weight excluding hydrogens is 370 g/mol. The molecule has 3 heteroatoms. The van der Waals surface area contributed by atoms with Crippen molar-refractivity contribution in [1.29, 1.82) is 0 Å². The van der Waals surface area contributed by atoms with Gasteiger partial charge in [0.2, 0.25) is 0 Å². The Morgan fingerprint density at radius 2 is 1.90 bits per heavy atom. The topological polar surface area (TPSA) is 21.7 Å². The zero-order valence-electron chi connectivity index (χ0n) is 20.2. The van der Waals surface area contributed by atoms with Crippen molar-refractivity contribution >= 4 is 0 Å². The average Bonchev–Trinajstić information content (AvgIpc) is 3.01. The van der Waals surface area contributed by atoms with Gasteiger partial charge in [0.1, 0.15) is 6.10 Å².